The molecule has 0 saturated carbocycles. The van der Waals surface area contributed by atoms with Gasteiger partial charge < -0.3 is 19.9 Å². The number of benzene rings is 2. The fourth-order valence-corrected chi connectivity index (χ4v) is 5.18. The Labute approximate surface area is 196 Å². The number of hydrogen-bond acceptors (Lipinski definition) is 6. The molecule has 2 aromatic rings. The zero-order valence-electron chi connectivity index (χ0n) is 18.4. The molecule has 2 heterocycles. The van der Waals surface area contributed by atoms with Crippen LogP contribution in [0.3, 0.4) is 0 Å². The van der Waals surface area contributed by atoms with Gasteiger partial charge in [-0.3, -0.25) is 19.2 Å². The fraction of sp³-hybridized carbons (Fsp3) is 0.333. The molecule has 4 rings (SSSR count). The zero-order valence-corrected chi connectivity index (χ0v) is 19.2. The van der Waals surface area contributed by atoms with Gasteiger partial charge >= 0.3 is 5.97 Å². The van der Waals surface area contributed by atoms with Gasteiger partial charge in [0.25, 0.3) is 11.8 Å². The normalized spacial score (nSPS) is 22.2. The zero-order chi connectivity index (χ0) is 23.5. The molecule has 1 N–H and O–H groups in total. The summed E-state index contributed by atoms with van der Waals surface area (Å²) in [4.78, 5) is 54.6. The van der Waals surface area contributed by atoms with Crippen molar-refractivity contribution in [1.29, 1.82) is 0 Å². The largest absolute Gasteiger partial charge is 0.452 e. The van der Waals surface area contributed by atoms with Crippen LogP contribution < -0.4 is 10.2 Å². The van der Waals surface area contributed by atoms with Crippen LogP contribution in [-0.2, 0) is 23.9 Å². The number of anilines is 1. The standard InChI is InChI=1S/C24H25N3O5S/c1-26(2)19(28)14-27-16-10-6-7-11-18(16)33-22(15-8-4-3-5-9-15)21(24(27)31)25-23(30)17-12-13-20(29)32-17/h3-11,17,21-22H,12-14H2,1-2H3,(H,25,30)/t17-,21+,22+/m0/s1. The molecule has 2 aliphatic rings. The molecule has 0 unspecified atom stereocenters. The summed E-state index contributed by atoms with van der Waals surface area (Å²) in [6.45, 7) is -0.157. The summed E-state index contributed by atoms with van der Waals surface area (Å²) in [7, 11) is 3.26. The number of rotatable bonds is 5. The number of carbonyl (C=O) groups is 4. The van der Waals surface area contributed by atoms with Crippen molar-refractivity contribution in [1.82, 2.24) is 10.2 Å². The highest BCUT2D eigenvalue weighted by Gasteiger charge is 2.42. The molecule has 3 amide bonds. The highest BCUT2D eigenvalue weighted by atomic mass is 32.2. The van der Waals surface area contributed by atoms with E-state index in [1.54, 1.807) is 20.2 Å². The van der Waals surface area contributed by atoms with Crippen molar-refractivity contribution in [2.45, 2.75) is 35.1 Å². The Hall–Kier alpha value is -3.33. The van der Waals surface area contributed by atoms with E-state index < -0.39 is 35.2 Å². The number of cyclic esters (lactones) is 1. The number of likely N-dealkylation sites (N-methyl/N-ethyl adjacent to an activating group) is 1. The molecule has 1 saturated heterocycles. The summed E-state index contributed by atoms with van der Waals surface area (Å²) in [6, 6.07) is 15.9. The Morgan fingerprint density at radius 3 is 2.45 bits per heavy atom. The molecule has 1 fully saturated rings. The topological polar surface area (TPSA) is 96.0 Å². The second-order valence-corrected chi connectivity index (χ2v) is 9.32. The Bertz CT molecular complexity index is 1070. The molecular weight excluding hydrogens is 442 g/mol. The first-order valence-corrected chi connectivity index (χ1v) is 11.5. The molecule has 33 heavy (non-hydrogen) atoms. The van der Waals surface area contributed by atoms with Crippen LogP contribution in [-0.4, -0.2) is 61.4 Å². The van der Waals surface area contributed by atoms with Crippen LogP contribution in [0.15, 0.2) is 59.5 Å². The number of nitrogens with one attached hydrogen (secondary N) is 1. The van der Waals surface area contributed by atoms with Crippen LogP contribution >= 0.6 is 11.8 Å². The molecule has 0 aromatic heterocycles. The van der Waals surface area contributed by atoms with Crippen molar-refractivity contribution in [3.63, 3.8) is 0 Å². The highest BCUT2D eigenvalue weighted by molar-refractivity contribution is 7.99. The quantitative estimate of drug-likeness (QED) is 0.677. The first-order chi connectivity index (χ1) is 15.8. The van der Waals surface area contributed by atoms with Crippen molar-refractivity contribution in [3.05, 3.63) is 60.2 Å². The number of nitrogens with zero attached hydrogens (tertiary/aromatic N) is 2. The fourth-order valence-electron chi connectivity index (χ4n) is 3.84. The summed E-state index contributed by atoms with van der Waals surface area (Å²) in [5.41, 5.74) is 1.48. The number of carbonyl (C=O) groups excluding carboxylic acids is 4. The lowest BCUT2D eigenvalue weighted by atomic mass is 10.0. The minimum absolute atomic E-state index is 0.157. The molecule has 3 atom stereocenters. The van der Waals surface area contributed by atoms with E-state index in [1.165, 1.54) is 21.6 Å². The smallest absolute Gasteiger partial charge is 0.306 e. The Kier molecular flexibility index (Phi) is 6.69. The average Bonchev–Trinajstić information content (AvgIpc) is 3.22. The van der Waals surface area contributed by atoms with Gasteiger partial charge in [-0.25, -0.2) is 0 Å². The van der Waals surface area contributed by atoms with E-state index in [4.69, 9.17) is 4.74 Å². The third kappa shape index (κ3) is 4.88. The molecular formula is C24H25N3O5S. The van der Waals surface area contributed by atoms with Gasteiger partial charge in [0.1, 0.15) is 12.6 Å². The molecule has 2 aliphatic heterocycles. The van der Waals surface area contributed by atoms with E-state index in [2.05, 4.69) is 5.32 Å². The van der Waals surface area contributed by atoms with Crippen molar-refractivity contribution >= 4 is 41.1 Å². The molecule has 0 spiro atoms. The van der Waals surface area contributed by atoms with Gasteiger partial charge in [0.15, 0.2) is 6.10 Å². The lowest BCUT2D eigenvalue weighted by Gasteiger charge is -2.29. The van der Waals surface area contributed by atoms with Gasteiger partial charge in [0, 0.05) is 31.8 Å². The first kappa shape index (κ1) is 22.8. The second-order valence-electron chi connectivity index (χ2n) is 8.13. The molecule has 8 nitrogen and oxygen atoms in total. The average molecular weight is 468 g/mol. The summed E-state index contributed by atoms with van der Waals surface area (Å²) < 4.78 is 5.11. The maximum Gasteiger partial charge on any atom is 0.306 e. The van der Waals surface area contributed by atoms with Crippen LogP contribution in [0.4, 0.5) is 5.69 Å². The molecule has 0 aliphatic carbocycles. The van der Waals surface area contributed by atoms with Gasteiger partial charge in [0.05, 0.1) is 10.9 Å². The number of para-hydroxylation sites is 1. The predicted octanol–water partition coefficient (Wildman–Crippen LogP) is 2.15. The van der Waals surface area contributed by atoms with Gasteiger partial charge in [-0.1, -0.05) is 42.5 Å². The minimum Gasteiger partial charge on any atom is -0.452 e. The van der Waals surface area contributed by atoms with Crippen molar-refractivity contribution in [2.75, 3.05) is 25.5 Å². The lowest BCUT2D eigenvalue weighted by molar-refractivity contribution is -0.148. The maximum absolute atomic E-state index is 13.9. The highest BCUT2D eigenvalue weighted by Crippen LogP contribution is 2.45. The Morgan fingerprint density at radius 2 is 1.79 bits per heavy atom. The van der Waals surface area contributed by atoms with Gasteiger partial charge in [0.2, 0.25) is 5.91 Å². The van der Waals surface area contributed by atoms with Crippen molar-refractivity contribution < 1.29 is 23.9 Å². The third-order valence-corrected chi connectivity index (χ3v) is 7.04. The summed E-state index contributed by atoms with van der Waals surface area (Å²) >= 11 is 1.46. The molecule has 172 valence electrons. The van der Waals surface area contributed by atoms with Crippen LogP contribution in [0.2, 0.25) is 0 Å². The molecule has 9 heteroatoms. The Balaban J connectivity index is 1.74. The Morgan fingerprint density at radius 1 is 1.09 bits per heavy atom. The molecule has 0 bridgehead atoms. The number of thioether (sulfide) groups is 1. The molecule has 0 radical (unpaired) electrons. The van der Waals surface area contributed by atoms with E-state index in [0.717, 1.165) is 10.5 Å². The van der Waals surface area contributed by atoms with E-state index in [-0.39, 0.29) is 25.3 Å². The number of hydrogen-bond donors (Lipinski definition) is 1. The molecule has 2 aromatic carbocycles. The van der Waals surface area contributed by atoms with Crippen LogP contribution in [0, 0.1) is 0 Å². The monoisotopic (exact) mass is 467 g/mol. The van der Waals surface area contributed by atoms with Gasteiger partial charge in [-0.2, -0.15) is 0 Å². The summed E-state index contributed by atoms with van der Waals surface area (Å²) in [6.07, 6.45) is -0.477. The van der Waals surface area contributed by atoms with Gasteiger partial charge in [-0.15, -0.1) is 11.8 Å². The summed E-state index contributed by atoms with van der Waals surface area (Å²) in [5.74, 6) is -1.57. The van der Waals surface area contributed by atoms with E-state index >= 15 is 0 Å². The predicted molar refractivity (Wildman–Crippen MR) is 124 cm³/mol. The first-order valence-electron chi connectivity index (χ1n) is 10.7. The van der Waals surface area contributed by atoms with Crippen LogP contribution in [0.25, 0.3) is 0 Å². The number of ether oxygens (including phenoxy) is 1. The number of esters is 1. The third-order valence-electron chi connectivity index (χ3n) is 5.64. The van der Waals surface area contributed by atoms with Gasteiger partial charge in [-0.05, 0) is 17.7 Å². The van der Waals surface area contributed by atoms with E-state index in [9.17, 15) is 19.2 Å². The number of fused-ring (bicyclic) bond motifs is 1. The van der Waals surface area contributed by atoms with E-state index in [0.29, 0.717) is 5.69 Å². The van der Waals surface area contributed by atoms with Crippen molar-refractivity contribution in [3.8, 4) is 0 Å². The SMILES string of the molecule is CN(C)C(=O)CN1C(=O)[C@H](NC(=O)[C@@H]2CCC(=O)O2)[C@@H](c2ccccc2)Sc2ccccc21. The summed E-state index contributed by atoms with van der Waals surface area (Å²) in [5, 5.41) is 2.39. The van der Waals surface area contributed by atoms with Crippen LogP contribution in [0.5, 0.6) is 0 Å². The lowest BCUT2D eigenvalue weighted by Crippen LogP contribution is -2.54. The number of amides is 3. The van der Waals surface area contributed by atoms with E-state index in [1.807, 2.05) is 48.5 Å². The second kappa shape index (κ2) is 9.66. The van der Waals surface area contributed by atoms with Crippen molar-refractivity contribution in [2.24, 2.45) is 0 Å². The van der Waals surface area contributed by atoms with Crippen LogP contribution in [0.1, 0.15) is 23.7 Å². The maximum atomic E-state index is 13.9. The minimum atomic E-state index is -0.966.